The third kappa shape index (κ3) is 4.00. The lowest BCUT2D eigenvalue weighted by molar-refractivity contribution is 0.102. The lowest BCUT2D eigenvalue weighted by Gasteiger charge is -2.28. The smallest absolute Gasteiger partial charge is 0.257 e. The Morgan fingerprint density at radius 1 is 1.13 bits per heavy atom. The molecule has 0 saturated carbocycles. The first-order valence-corrected chi connectivity index (χ1v) is 10.4. The summed E-state index contributed by atoms with van der Waals surface area (Å²) < 4.78 is 7.25. The molecule has 0 aromatic carbocycles. The van der Waals surface area contributed by atoms with Gasteiger partial charge in [0.2, 0.25) is 0 Å². The molecule has 0 spiro atoms. The number of nitrogens with zero attached hydrogens (tertiary/aromatic N) is 5. The number of ether oxygens (including phenoxy) is 1. The Bertz CT molecular complexity index is 1040. The van der Waals surface area contributed by atoms with E-state index in [0.717, 1.165) is 48.7 Å². The minimum Gasteiger partial charge on any atom is -0.378 e. The fraction of sp³-hybridized carbons (Fsp3) is 0.455. The Balaban J connectivity index is 1.61. The van der Waals surface area contributed by atoms with Crippen LogP contribution in [0.5, 0.6) is 0 Å². The van der Waals surface area contributed by atoms with Gasteiger partial charge in [0.25, 0.3) is 5.91 Å². The molecular formula is C22H28N6O2. The van der Waals surface area contributed by atoms with Gasteiger partial charge < -0.3 is 15.0 Å². The molecule has 3 aromatic rings. The molecule has 4 rings (SSSR count). The van der Waals surface area contributed by atoms with Gasteiger partial charge in [-0.1, -0.05) is 13.8 Å². The van der Waals surface area contributed by atoms with Crippen molar-refractivity contribution < 1.29 is 9.53 Å². The van der Waals surface area contributed by atoms with Crippen LogP contribution in [-0.4, -0.2) is 52.0 Å². The van der Waals surface area contributed by atoms with Crippen molar-refractivity contribution in [3.05, 3.63) is 41.9 Å². The van der Waals surface area contributed by atoms with E-state index in [2.05, 4.69) is 48.0 Å². The molecule has 1 N–H and O–H groups in total. The van der Waals surface area contributed by atoms with E-state index in [-0.39, 0.29) is 17.9 Å². The number of amides is 1. The minimum atomic E-state index is -0.209. The number of hydrogen-bond acceptors (Lipinski definition) is 6. The maximum absolute atomic E-state index is 13.1. The highest BCUT2D eigenvalue weighted by molar-refractivity contribution is 6.11. The van der Waals surface area contributed by atoms with Gasteiger partial charge in [-0.2, -0.15) is 5.10 Å². The Hall–Kier alpha value is -3.00. The Morgan fingerprint density at radius 3 is 2.53 bits per heavy atom. The second-order valence-corrected chi connectivity index (χ2v) is 8.12. The molecule has 4 heterocycles. The zero-order valence-electron chi connectivity index (χ0n) is 17.9. The van der Waals surface area contributed by atoms with Crippen molar-refractivity contribution in [3.8, 4) is 0 Å². The third-order valence-corrected chi connectivity index (χ3v) is 5.28. The lowest BCUT2D eigenvalue weighted by Crippen LogP contribution is -2.36. The number of hydrogen-bond donors (Lipinski definition) is 1. The van der Waals surface area contributed by atoms with Crippen molar-refractivity contribution in [2.75, 3.05) is 36.5 Å². The van der Waals surface area contributed by atoms with Crippen LogP contribution in [0.25, 0.3) is 11.0 Å². The summed E-state index contributed by atoms with van der Waals surface area (Å²) in [5, 5.41) is 8.12. The van der Waals surface area contributed by atoms with Crippen LogP contribution in [0.1, 0.15) is 55.7 Å². The first kappa shape index (κ1) is 20.3. The van der Waals surface area contributed by atoms with Crippen LogP contribution in [-0.2, 0) is 4.74 Å². The number of carbonyl (C=O) groups excluding carboxylic acids is 1. The topological polar surface area (TPSA) is 85.2 Å². The van der Waals surface area contributed by atoms with Gasteiger partial charge in [0.1, 0.15) is 5.82 Å². The van der Waals surface area contributed by atoms with Crippen LogP contribution in [0.3, 0.4) is 0 Å². The lowest BCUT2D eigenvalue weighted by atomic mass is 10.0. The number of nitrogens with one attached hydrogen (secondary N) is 1. The molecule has 0 aliphatic carbocycles. The molecule has 8 heteroatoms. The van der Waals surface area contributed by atoms with Crippen molar-refractivity contribution >= 4 is 28.4 Å². The van der Waals surface area contributed by atoms with Crippen LogP contribution in [0, 0.1) is 0 Å². The largest absolute Gasteiger partial charge is 0.378 e. The summed E-state index contributed by atoms with van der Waals surface area (Å²) in [5.41, 5.74) is 3.19. The zero-order chi connectivity index (χ0) is 21.3. The molecule has 158 valence electrons. The predicted molar refractivity (Wildman–Crippen MR) is 117 cm³/mol. The number of carbonyl (C=O) groups is 1. The SMILES string of the molecule is CC(C)c1cc(C(=O)Nc2ccc(N3CCOCC3)cn2)c2cnn(C(C)C)c2n1. The Morgan fingerprint density at radius 2 is 1.90 bits per heavy atom. The van der Waals surface area contributed by atoms with Crippen molar-refractivity contribution in [2.45, 2.75) is 39.7 Å². The fourth-order valence-electron chi connectivity index (χ4n) is 3.55. The molecule has 0 atom stereocenters. The summed E-state index contributed by atoms with van der Waals surface area (Å²) in [6.07, 6.45) is 3.51. The molecule has 1 aliphatic heterocycles. The number of pyridine rings is 2. The van der Waals surface area contributed by atoms with E-state index in [1.54, 1.807) is 12.4 Å². The number of anilines is 2. The summed E-state index contributed by atoms with van der Waals surface area (Å²) in [6, 6.07) is 5.83. The van der Waals surface area contributed by atoms with Crippen molar-refractivity contribution in [1.82, 2.24) is 19.7 Å². The molecular weight excluding hydrogens is 380 g/mol. The highest BCUT2D eigenvalue weighted by Gasteiger charge is 2.19. The highest BCUT2D eigenvalue weighted by Crippen LogP contribution is 2.25. The van der Waals surface area contributed by atoms with E-state index in [4.69, 9.17) is 9.72 Å². The average molecular weight is 409 g/mol. The molecule has 1 aliphatic rings. The summed E-state index contributed by atoms with van der Waals surface area (Å²) >= 11 is 0. The van der Waals surface area contributed by atoms with Gasteiger partial charge in [-0.05, 0) is 38.0 Å². The number of aromatic nitrogens is 4. The standard InChI is InChI=1S/C22H28N6O2/c1-14(2)19-11-17(18-13-24-28(15(3)4)21(18)25-19)22(29)26-20-6-5-16(12-23-20)27-7-9-30-10-8-27/h5-6,11-15H,7-10H2,1-4H3,(H,23,26,29). The van der Waals surface area contributed by atoms with E-state index in [9.17, 15) is 4.79 Å². The predicted octanol–water partition coefficient (Wildman–Crippen LogP) is 3.62. The molecule has 1 fully saturated rings. The van der Waals surface area contributed by atoms with Crippen molar-refractivity contribution in [3.63, 3.8) is 0 Å². The van der Waals surface area contributed by atoms with E-state index in [1.807, 2.05) is 22.9 Å². The third-order valence-electron chi connectivity index (χ3n) is 5.28. The second kappa shape index (κ2) is 8.39. The number of fused-ring (bicyclic) bond motifs is 1. The molecule has 1 amide bonds. The molecule has 1 saturated heterocycles. The molecule has 3 aromatic heterocycles. The average Bonchev–Trinajstić information content (AvgIpc) is 3.18. The monoisotopic (exact) mass is 408 g/mol. The molecule has 0 radical (unpaired) electrons. The summed E-state index contributed by atoms with van der Waals surface area (Å²) in [6.45, 7) is 11.4. The summed E-state index contributed by atoms with van der Waals surface area (Å²) in [4.78, 5) is 24.5. The van der Waals surface area contributed by atoms with E-state index >= 15 is 0 Å². The van der Waals surface area contributed by atoms with Crippen LogP contribution in [0.15, 0.2) is 30.6 Å². The quantitative estimate of drug-likeness (QED) is 0.694. The van der Waals surface area contributed by atoms with Crippen molar-refractivity contribution in [1.29, 1.82) is 0 Å². The van der Waals surface area contributed by atoms with Crippen LogP contribution < -0.4 is 10.2 Å². The van der Waals surface area contributed by atoms with Crippen LogP contribution >= 0.6 is 0 Å². The minimum absolute atomic E-state index is 0.155. The summed E-state index contributed by atoms with van der Waals surface area (Å²) in [5.74, 6) is 0.506. The first-order valence-electron chi connectivity index (χ1n) is 10.4. The summed E-state index contributed by atoms with van der Waals surface area (Å²) in [7, 11) is 0. The number of morpholine rings is 1. The van der Waals surface area contributed by atoms with Gasteiger partial charge in [0.05, 0.1) is 42.2 Å². The van der Waals surface area contributed by atoms with E-state index in [1.165, 1.54) is 0 Å². The van der Waals surface area contributed by atoms with Crippen molar-refractivity contribution in [2.24, 2.45) is 0 Å². The van der Waals surface area contributed by atoms with E-state index < -0.39 is 0 Å². The van der Waals surface area contributed by atoms with Crippen LogP contribution in [0.2, 0.25) is 0 Å². The van der Waals surface area contributed by atoms with E-state index in [0.29, 0.717) is 11.4 Å². The highest BCUT2D eigenvalue weighted by atomic mass is 16.5. The Kier molecular flexibility index (Phi) is 5.67. The van der Waals surface area contributed by atoms with Gasteiger partial charge in [0, 0.05) is 24.8 Å². The molecule has 0 unspecified atom stereocenters. The molecule has 30 heavy (non-hydrogen) atoms. The van der Waals surface area contributed by atoms with Gasteiger partial charge in [-0.15, -0.1) is 0 Å². The second-order valence-electron chi connectivity index (χ2n) is 8.12. The number of rotatable bonds is 5. The van der Waals surface area contributed by atoms with Gasteiger partial charge in [0.15, 0.2) is 5.65 Å². The normalized spacial score (nSPS) is 14.7. The zero-order valence-corrected chi connectivity index (χ0v) is 17.9. The maximum atomic E-state index is 13.1. The fourth-order valence-corrected chi connectivity index (χ4v) is 3.55. The maximum Gasteiger partial charge on any atom is 0.257 e. The first-order chi connectivity index (χ1) is 14.4. The van der Waals surface area contributed by atoms with Gasteiger partial charge in [-0.25, -0.2) is 14.6 Å². The molecule has 8 nitrogen and oxygen atoms in total. The van der Waals surface area contributed by atoms with Gasteiger partial charge in [-0.3, -0.25) is 4.79 Å². The molecule has 0 bridgehead atoms. The Labute approximate surface area is 176 Å². The van der Waals surface area contributed by atoms with Gasteiger partial charge >= 0.3 is 0 Å². The van der Waals surface area contributed by atoms with Crippen LogP contribution in [0.4, 0.5) is 11.5 Å².